The predicted octanol–water partition coefficient (Wildman–Crippen LogP) is 0.504. The molecule has 6 heteroatoms. The molecule has 2 saturated heterocycles. The average molecular weight is 319 g/mol. The summed E-state index contributed by atoms with van der Waals surface area (Å²) in [6.45, 7) is 11.3. The molecule has 2 rings (SSSR count). The first-order valence-electron chi connectivity index (χ1n) is 7.84. The summed E-state index contributed by atoms with van der Waals surface area (Å²) in [5, 5.41) is 3.48. The van der Waals surface area contributed by atoms with Gasteiger partial charge in [0.15, 0.2) is 0 Å². The van der Waals surface area contributed by atoms with Crippen molar-refractivity contribution in [1.29, 1.82) is 0 Å². The highest BCUT2D eigenvalue weighted by Crippen LogP contribution is 2.26. The number of amides is 1. The Morgan fingerprint density at radius 1 is 1.19 bits per heavy atom. The van der Waals surface area contributed by atoms with Crippen LogP contribution in [0.15, 0.2) is 0 Å². The molecule has 2 aliphatic rings. The van der Waals surface area contributed by atoms with E-state index >= 15 is 0 Å². The maximum atomic E-state index is 11.6. The van der Waals surface area contributed by atoms with Crippen molar-refractivity contribution in [2.24, 2.45) is 5.41 Å². The first kappa shape index (κ1) is 18.7. The highest BCUT2D eigenvalue weighted by Gasteiger charge is 2.31. The Kier molecular flexibility index (Phi) is 7.40. The van der Waals surface area contributed by atoms with Crippen molar-refractivity contribution in [2.75, 3.05) is 66.5 Å². The molecule has 0 radical (unpaired) electrons. The number of carbonyl (C=O) groups is 1. The Bertz CT molecular complexity index is 324. The van der Waals surface area contributed by atoms with Crippen molar-refractivity contribution in [3.8, 4) is 0 Å². The third-order valence-electron chi connectivity index (χ3n) is 4.67. The first-order valence-corrected chi connectivity index (χ1v) is 7.84. The van der Waals surface area contributed by atoms with Gasteiger partial charge in [0.25, 0.3) is 0 Å². The number of rotatable bonds is 5. The fourth-order valence-electron chi connectivity index (χ4n) is 3.19. The third-order valence-corrected chi connectivity index (χ3v) is 4.67. The highest BCUT2D eigenvalue weighted by molar-refractivity contribution is 5.85. The van der Waals surface area contributed by atoms with E-state index in [-0.39, 0.29) is 18.3 Å². The van der Waals surface area contributed by atoms with Crippen molar-refractivity contribution in [2.45, 2.75) is 19.8 Å². The van der Waals surface area contributed by atoms with Gasteiger partial charge in [-0.05, 0) is 18.4 Å². The monoisotopic (exact) mass is 318 g/mol. The predicted molar refractivity (Wildman–Crippen MR) is 89.0 cm³/mol. The van der Waals surface area contributed by atoms with E-state index < -0.39 is 0 Å². The molecule has 1 amide bonds. The molecule has 2 fully saturated rings. The lowest BCUT2D eigenvalue weighted by Gasteiger charge is -2.38. The maximum absolute atomic E-state index is 11.6. The molecule has 2 heterocycles. The fraction of sp³-hybridized carbons (Fsp3) is 0.933. The Balaban J connectivity index is 0.00000220. The average Bonchev–Trinajstić information content (AvgIpc) is 2.84. The quantitative estimate of drug-likeness (QED) is 0.801. The lowest BCUT2D eigenvalue weighted by atomic mass is 9.89. The van der Waals surface area contributed by atoms with Crippen molar-refractivity contribution in [1.82, 2.24) is 20.0 Å². The van der Waals surface area contributed by atoms with Gasteiger partial charge in [0.2, 0.25) is 5.91 Å². The molecule has 124 valence electrons. The number of halogens is 1. The van der Waals surface area contributed by atoms with E-state index in [4.69, 9.17) is 0 Å². The van der Waals surface area contributed by atoms with Crippen LogP contribution in [0.1, 0.15) is 19.8 Å². The summed E-state index contributed by atoms with van der Waals surface area (Å²) in [4.78, 5) is 18.3. The van der Waals surface area contributed by atoms with Gasteiger partial charge in [0.05, 0.1) is 0 Å². The Labute approximate surface area is 135 Å². The minimum atomic E-state index is 0. The number of hydrogen-bond acceptors (Lipinski definition) is 4. The molecule has 2 aliphatic heterocycles. The van der Waals surface area contributed by atoms with Crippen LogP contribution in [-0.4, -0.2) is 87.1 Å². The van der Waals surface area contributed by atoms with Gasteiger partial charge in [0, 0.05) is 66.3 Å². The second-order valence-corrected chi connectivity index (χ2v) is 6.89. The maximum Gasteiger partial charge on any atom is 0.223 e. The molecular weight excluding hydrogens is 288 g/mol. The van der Waals surface area contributed by atoms with Crippen LogP contribution in [0.2, 0.25) is 0 Å². The smallest absolute Gasteiger partial charge is 0.223 e. The van der Waals surface area contributed by atoms with Gasteiger partial charge in [-0.2, -0.15) is 0 Å². The normalized spacial score (nSPS) is 27.4. The topological polar surface area (TPSA) is 38.8 Å². The van der Waals surface area contributed by atoms with Crippen LogP contribution in [-0.2, 0) is 4.79 Å². The standard InChI is InChI=1S/C15H30N4O.ClH/c1-15(5-6-16-12-15)13-19-10-8-18(9-11-19)7-4-14(20)17(2)3;/h16H,4-13H2,1-3H3;1H. The molecule has 0 aromatic heterocycles. The van der Waals surface area contributed by atoms with E-state index in [9.17, 15) is 4.79 Å². The third kappa shape index (κ3) is 5.74. The summed E-state index contributed by atoms with van der Waals surface area (Å²) in [6, 6.07) is 0. The number of hydrogen-bond donors (Lipinski definition) is 1. The van der Waals surface area contributed by atoms with E-state index in [0.29, 0.717) is 11.8 Å². The van der Waals surface area contributed by atoms with Gasteiger partial charge in [-0.3, -0.25) is 4.79 Å². The zero-order valence-electron chi connectivity index (χ0n) is 13.7. The van der Waals surface area contributed by atoms with Gasteiger partial charge in [0.1, 0.15) is 0 Å². The van der Waals surface area contributed by atoms with Crippen LogP contribution in [0.4, 0.5) is 0 Å². The minimum absolute atomic E-state index is 0. The van der Waals surface area contributed by atoms with Crippen LogP contribution in [0.5, 0.6) is 0 Å². The number of nitrogens with one attached hydrogen (secondary N) is 1. The number of carbonyl (C=O) groups excluding carboxylic acids is 1. The summed E-state index contributed by atoms with van der Waals surface area (Å²) in [6.07, 6.45) is 1.94. The second-order valence-electron chi connectivity index (χ2n) is 6.89. The van der Waals surface area contributed by atoms with Crippen molar-refractivity contribution < 1.29 is 4.79 Å². The van der Waals surface area contributed by atoms with Crippen LogP contribution in [0.3, 0.4) is 0 Å². The Hall–Kier alpha value is -0.360. The van der Waals surface area contributed by atoms with Gasteiger partial charge in [-0.1, -0.05) is 6.92 Å². The number of piperazine rings is 1. The molecule has 1 atom stereocenters. The fourth-order valence-corrected chi connectivity index (χ4v) is 3.19. The summed E-state index contributed by atoms with van der Waals surface area (Å²) in [7, 11) is 3.66. The SMILES string of the molecule is CN(C)C(=O)CCN1CCN(CC2(C)CCNC2)CC1.Cl. The second kappa shape index (κ2) is 8.32. The van der Waals surface area contributed by atoms with E-state index in [2.05, 4.69) is 22.0 Å². The van der Waals surface area contributed by atoms with Crippen molar-refractivity contribution >= 4 is 18.3 Å². The van der Waals surface area contributed by atoms with E-state index in [1.54, 1.807) is 4.90 Å². The largest absolute Gasteiger partial charge is 0.349 e. The van der Waals surface area contributed by atoms with Crippen LogP contribution in [0, 0.1) is 5.41 Å². The number of nitrogens with zero attached hydrogens (tertiary/aromatic N) is 3. The van der Waals surface area contributed by atoms with Gasteiger partial charge >= 0.3 is 0 Å². The summed E-state index contributed by atoms with van der Waals surface area (Å²) in [5.41, 5.74) is 0.461. The lowest BCUT2D eigenvalue weighted by molar-refractivity contribution is -0.129. The van der Waals surface area contributed by atoms with Crippen LogP contribution < -0.4 is 5.32 Å². The van der Waals surface area contributed by atoms with E-state index in [0.717, 1.165) is 39.3 Å². The molecular formula is C15H31ClN4O. The Morgan fingerprint density at radius 2 is 1.81 bits per heavy atom. The van der Waals surface area contributed by atoms with E-state index in [1.165, 1.54) is 19.5 Å². The zero-order valence-corrected chi connectivity index (χ0v) is 14.5. The van der Waals surface area contributed by atoms with Crippen molar-refractivity contribution in [3.63, 3.8) is 0 Å². The molecule has 1 unspecified atom stereocenters. The van der Waals surface area contributed by atoms with Gasteiger partial charge in [-0.25, -0.2) is 0 Å². The summed E-state index contributed by atoms with van der Waals surface area (Å²) < 4.78 is 0. The Morgan fingerprint density at radius 3 is 2.33 bits per heavy atom. The molecule has 0 aliphatic carbocycles. The molecule has 0 spiro atoms. The molecule has 0 saturated carbocycles. The first-order chi connectivity index (χ1) is 9.48. The van der Waals surface area contributed by atoms with Gasteiger partial charge < -0.3 is 20.0 Å². The molecule has 0 aromatic carbocycles. The highest BCUT2D eigenvalue weighted by atomic mass is 35.5. The molecule has 5 nitrogen and oxygen atoms in total. The van der Waals surface area contributed by atoms with E-state index in [1.807, 2.05) is 14.1 Å². The molecule has 0 aromatic rings. The minimum Gasteiger partial charge on any atom is -0.349 e. The summed E-state index contributed by atoms with van der Waals surface area (Å²) >= 11 is 0. The molecule has 1 N–H and O–H groups in total. The summed E-state index contributed by atoms with van der Waals surface area (Å²) in [5.74, 6) is 0.233. The lowest BCUT2D eigenvalue weighted by Crippen LogP contribution is -2.50. The van der Waals surface area contributed by atoms with Crippen LogP contribution in [0.25, 0.3) is 0 Å². The molecule has 21 heavy (non-hydrogen) atoms. The van der Waals surface area contributed by atoms with Gasteiger partial charge in [-0.15, -0.1) is 12.4 Å². The molecule has 0 bridgehead atoms. The van der Waals surface area contributed by atoms with Crippen LogP contribution >= 0.6 is 12.4 Å². The van der Waals surface area contributed by atoms with Crippen molar-refractivity contribution in [3.05, 3.63) is 0 Å². The zero-order chi connectivity index (χ0) is 14.6.